The average Bonchev–Trinajstić information content (AvgIpc) is 2.69. The summed E-state index contributed by atoms with van der Waals surface area (Å²) in [6.07, 6.45) is 0.159. The lowest BCUT2D eigenvalue weighted by molar-refractivity contribution is 0.468. The van der Waals surface area contributed by atoms with Crippen LogP contribution in [-0.4, -0.2) is 6.17 Å². The van der Waals surface area contributed by atoms with E-state index in [1.54, 1.807) is 0 Å². The number of hydrogen-bond acceptors (Lipinski definition) is 0. The lowest BCUT2D eigenvalue weighted by atomic mass is 10.1. The van der Waals surface area contributed by atoms with Gasteiger partial charge in [0.15, 0.2) is 0 Å². The Morgan fingerprint density at radius 1 is 1.20 bits per heavy atom. The van der Waals surface area contributed by atoms with Gasteiger partial charge in [-0.1, -0.05) is 30.3 Å². The predicted molar refractivity (Wildman–Crippen MR) is 38.7 cm³/mol. The molecule has 0 heterocycles. The van der Waals surface area contributed by atoms with Gasteiger partial charge in [0.05, 0.1) is 0 Å². The second-order valence-corrected chi connectivity index (χ2v) is 2.77. The maximum atomic E-state index is 12.5. The van der Waals surface area contributed by atoms with Gasteiger partial charge in [0.25, 0.3) is 0 Å². The van der Waals surface area contributed by atoms with E-state index in [0.717, 1.165) is 12.0 Å². The topological polar surface area (TPSA) is 0 Å². The Kier molecular flexibility index (Phi) is 1.23. The Balaban J connectivity index is 2.20. The van der Waals surface area contributed by atoms with Crippen molar-refractivity contribution >= 4 is 0 Å². The monoisotopic (exact) mass is 136 g/mol. The fraction of sp³-hybridized carbons (Fsp3) is 0.333. The summed E-state index contributed by atoms with van der Waals surface area (Å²) in [4.78, 5) is 0. The number of rotatable bonds is 1. The summed E-state index contributed by atoms with van der Waals surface area (Å²) < 4.78 is 12.5. The summed E-state index contributed by atoms with van der Waals surface area (Å²) in [5.74, 6) is 0.209. The maximum absolute atomic E-state index is 12.5. The molecule has 1 saturated carbocycles. The van der Waals surface area contributed by atoms with E-state index in [2.05, 4.69) is 0 Å². The van der Waals surface area contributed by atoms with Crippen molar-refractivity contribution in [2.45, 2.75) is 18.5 Å². The van der Waals surface area contributed by atoms with Crippen LogP contribution in [0.15, 0.2) is 30.3 Å². The van der Waals surface area contributed by atoms with Crippen molar-refractivity contribution in [2.75, 3.05) is 0 Å². The number of hydrogen-bond donors (Lipinski definition) is 0. The molecule has 1 heteroatoms. The molecule has 0 aliphatic heterocycles. The minimum absolute atomic E-state index is 0.209. The molecule has 1 aromatic rings. The Morgan fingerprint density at radius 3 is 2.30 bits per heavy atom. The third-order valence-electron chi connectivity index (χ3n) is 1.94. The molecule has 1 fully saturated rings. The fourth-order valence-corrected chi connectivity index (χ4v) is 1.21. The molecule has 2 rings (SSSR count). The summed E-state index contributed by atoms with van der Waals surface area (Å²) in [6, 6.07) is 9.86. The highest BCUT2D eigenvalue weighted by Crippen LogP contribution is 2.43. The molecular weight excluding hydrogens is 127 g/mol. The normalized spacial score (nSPS) is 30.1. The molecule has 2 atom stereocenters. The van der Waals surface area contributed by atoms with Gasteiger partial charge in [-0.3, -0.25) is 0 Å². The van der Waals surface area contributed by atoms with Crippen LogP contribution >= 0.6 is 0 Å². The molecule has 0 saturated heterocycles. The van der Waals surface area contributed by atoms with Crippen molar-refractivity contribution in [3.05, 3.63) is 35.9 Å². The standard InChI is InChI=1S/C9H9F/c10-9-6-8(9)7-4-2-1-3-5-7/h1-5,8-9H,6H2/t8-,9-/m0/s1. The van der Waals surface area contributed by atoms with E-state index < -0.39 is 6.17 Å². The minimum Gasteiger partial charge on any atom is -0.247 e. The summed E-state index contributed by atoms with van der Waals surface area (Å²) in [5, 5.41) is 0. The van der Waals surface area contributed by atoms with Crippen LogP contribution in [0.25, 0.3) is 0 Å². The smallest absolute Gasteiger partial charge is 0.108 e. The summed E-state index contributed by atoms with van der Waals surface area (Å²) in [7, 11) is 0. The van der Waals surface area contributed by atoms with Crippen LogP contribution in [0.4, 0.5) is 4.39 Å². The van der Waals surface area contributed by atoms with Crippen molar-refractivity contribution in [2.24, 2.45) is 0 Å². The predicted octanol–water partition coefficient (Wildman–Crippen LogP) is 2.51. The summed E-state index contributed by atoms with van der Waals surface area (Å²) in [5.41, 5.74) is 1.15. The molecule has 0 unspecified atom stereocenters. The molecule has 0 amide bonds. The summed E-state index contributed by atoms with van der Waals surface area (Å²) in [6.45, 7) is 0. The van der Waals surface area contributed by atoms with E-state index in [0.29, 0.717) is 0 Å². The van der Waals surface area contributed by atoms with E-state index in [1.165, 1.54) is 0 Å². The van der Waals surface area contributed by atoms with E-state index in [4.69, 9.17) is 0 Å². The van der Waals surface area contributed by atoms with Gasteiger partial charge in [-0.15, -0.1) is 0 Å². The highest BCUT2D eigenvalue weighted by molar-refractivity contribution is 5.26. The van der Waals surface area contributed by atoms with Crippen molar-refractivity contribution in [1.29, 1.82) is 0 Å². The van der Waals surface area contributed by atoms with Crippen LogP contribution in [0, 0.1) is 0 Å². The van der Waals surface area contributed by atoms with Gasteiger partial charge in [-0.05, 0) is 12.0 Å². The first kappa shape index (κ1) is 5.90. The first-order chi connectivity index (χ1) is 4.88. The van der Waals surface area contributed by atoms with E-state index >= 15 is 0 Å². The Labute approximate surface area is 59.7 Å². The molecule has 1 aliphatic rings. The molecule has 0 nitrogen and oxygen atoms in total. The van der Waals surface area contributed by atoms with Crippen LogP contribution in [0.5, 0.6) is 0 Å². The second kappa shape index (κ2) is 2.08. The average molecular weight is 136 g/mol. The Morgan fingerprint density at radius 2 is 1.80 bits per heavy atom. The zero-order chi connectivity index (χ0) is 6.97. The van der Waals surface area contributed by atoms with Gasteiger partial charge in [0.2, 0.25) is 0 Å². The van der Waals surface area contributed by atoms with Crippen LogP contribution in [0.2, 0.25) is 0 Å². The highest BCUT2D eigenvalue weighted by Gasteiger charge is 2.38. The van der Waals surface area contributed by atoms with Crippen LogP contribution in [-0.2, 0) is 0 Å². The number of benzene rings is 1. The molecule has 52 valence electrons. The molecule has 1 aromatic carbocycles. The lowest BCUT2D eigenvalue weighted by Gasteiger charge is -1.93. The lowest BCUT2D eigenvalue weighted by Crippen LogP contribution is -1.79. The zero-order valence-electron chi connectivity index (χ0n) is 5.63. The Hall–Kier alpha value is -0.850. The molecule has 0 aromatic heterocycles. The molecule has 0 bridgehead atoms. The van der Waals surface area contributed by atoms with Gasteiger partial charge >= 0.3 is 0 Å². The fourth-order valence-electron chi connectivity index (χ4n) is 1.21. The van der Waals surface area contributed by atoms with Gasteiger partial charge < -0.3 is 0 Å². The quantitative estimate of drug-likeness (QED) is 0.556. The number of alkyl halides is 1. The SMILES string of the molecule is F[C@H]1C[C@H]1c1ccccc1. The van der Waals surface area contributed by atoms with Crippen molar-refractivity contribution < 1.29 is 4.39 Å². The first-order valence-corrected chi connectivity index (χ1v) is 3.57. The first-order valence-electron chi connectivity index (χ1n) is 3.57. The van der Waals surface area contributed by atoms with E-state index in [-0.39, 0.29) is 5.92 Å². The van der Waals surface area contributed by atoms with Crippen LogP contribution < -0.4 is 0 Å². The van der Waals surface area contributed by atoms with Gasteiger partial charge in [0.1, 0.15) is 6.17 Å². The Bertz CT molecular complexity index is 217. The van der Waals surface area contributed by atoms with Crippen molar-refractivity contribution in [3.63, 3.8) is 0 Å². The van der Waals surface area contributed by atoms with Crippen LogP contribution in [0.1, 0.15) is 17.9 Å². The molecule has 0 radical (unpaired) electrons. The van der Waals surface area contributed by atoms with Gasteiger partial charge in [-0.25, -0.2) is 4.39 Å². The number of halogens is 1. The molecular formula is C9H9F. The maximum Gasteiger partial charge on any atom is 0.108 e. The van der Waals surface area contributed by atoms with Gasteiger partial charge in [0, 0.05) is 5.92 Å². The van der Waals surface area contributed by atoms with E-state index in [9.17, 15) is 4.39 Å². The van der Waals surface area contributed by atoms with E-state index in [1.807, 2.05) is 30.3 Å². The molecule has 0 spiro atoms. The van der Waals surface area contributed by atoms with Crippen molar-refractivity contribution in [3.8, 4) is 0 Å². The third-order valence-corrected chi connectivity index (χ3v) is 1.94. The molecule has 1 aliphatic carbocycles. The molecule has 0 N–H and O–H groups in total. The summed E-state index contributed by atoms with van der Waals surface area (Å²) >= 11 is 0. The second-order valence-electron chi connectivity index (χ2n) is 2.77. The minimum atomic E-state index is -0.567. The third kappa shape index (κ3) is 0.919. The zero-order valence-corrected chi connectivity index (χ0v) is 5.63. The van der Waals surface area contributed by atoms with Gasteiger partial charge in [-0.2, -0.15) is 0 Å². The highest BCUT2D eigenvalue weighted by atomic mass is 19.1. The van der Waals surface area contributed by atoms with Crippen LogP contribution in [0.3, 0.4) is 0 Å². The molecule has 10 heavy (non-hydrogen) atoms. The van der Waals surface area contributed by atoms with Crippen molar-refractivity contribution in [1.82, 2.24) is 0 Å². The largest absolute Gasteiger partial charge is 0.247 e.